The van der Waals surface area contributed by atoms with E-state index in [0.717, 1.165) is 14.4 Å². The van der Waals surface area contributed by atoms with Gasteiger partial charge in [-0.05, 0) is 13.1 Å². The van der Waals surface area contributed by atoms with Gasteiger partial charge in [0.25, 0.3) is 5.56 Å². The highest BCUT2D eigenvalue weighted by atomic mass is 16.4. The number of amides is 5. The third kappa shape index (κ3) is 11.8. The molecule has 28 heteroatoms. The van der Waals surface area contributed by atoms with Crippen molar-refractivity contribution >= 4 is 75.4 Å². The number of carboxylic acids is 1. The zero-order valence-corrected chi connectivity index (χ0v) is 32.7. The number of anilines is 3. The molecule has 0 radical (unpaired) electrons. The molecule has 5 aromatic heterocycles. The first-order valence-corrected chi connectivity index (χ1v) is 18.3. The zero-order chi connectivity index (χ0) is 44.2. The van der Waals surface area contributed by atoms with Gasteiger partial charge in [0.05, 0.1) is 25.7 Å². The number of fused-ring (bicyclic) bond motifs is 2. The molecule has 5 amide bonds. The van der Waals surface area contributed by atoms with E-state index in [1.165, 1.54) is 45.3 Å². The highest BCUT2D eigenvalue weighted by Crippen LogP contribution is 2.14. The number of imidazole rings is 2. The van der Waals surface area contributed by atoms with Crippen LogP contribution in [0, 0.1) is 0 Å². The Bertz CT molecular complexity index is 2550. The van der Waals surface area contributed by atoms with Crippen LogP contribution >= 0.6 is 0 Å². The molecule has 0 aliphatic heterocycles. The molecular formula is C33H43N19O9. The van der Waals surface area contributed by atoms with E-state index in [1.54, 1.807) is 7.05 Å². The molecule has 0 aliphatic carbocycles. The number of likely N-dealkylation sites (N-methyl/N-ethyl adjacent to an activating group) is 1. The van der Waals surface area contributed by atoms with Gasteiger partial charge in [0.15, 0.2) is 22.6 Å². The molecule has 0 saturated carbocycles. The van der Waals surface area contributed by atoms with Crippen LogP contribution in [0.25, 0.3) is 22.3 Å². The van der Waals surface area contributed by atoms with Gasteiger partial charge in [0, 0.05) is 45.5 Å². The number of aromatic nitrogens is 10. The third-order valence-corrected chi connectivity index (χ3v) is 8.83. The maximum Gasteiger partial charge on any atom is 0.349 e. The van der Waals surface area contributed by atoms with Gasteiger partial charge in [-0.2, -0.15) is 9.97 Å². The van der Waals surface area contributed by atoms with Gasteiger partial charge in [-0.1, -0.05) is 0 Å². The van der Waals surface area contributed by atoms with Gasteiger partial charge >= 0.3 is 11.7 Å². The van der Waals surface area contributed by atoms with E-state index in [4.69, 9.17) is 17.2 Å². The summed E-state index contributed by atoms with van der Waals surface area (Å²) < 4.78 is 3.67. The number of nitrogen functional groups attached to an aromatic ring is 3. The predicted molar refractivity (Wildman–Crippen MR) is 213 cm³/mol. The van der Waals surface area contributed by atoms with Crippen LogP contribution in [0.3, 0.4) is 0 Å². The Kier molecular flexibility index (Phi) is 14.5. The summed E-state index contributed by atoms with van der Waals surface area (Å²) in [5, 5.41) is 17.6. The fourth-order valence-corrected chi connectivity index (χ4v) is 5.81. The summed E-state index contributed by atoms with van der Waals surface area (Å²) in [4.78, 5) is 132. The Balaban J connectivity index is 1.22. The van der Waals surface area contributed by atoms with Crippen molar-refractivity contribution in [1.29, 1.82) is 0 Å². The molecule has 11 N–H and O–H groups in total. The molecule has 324 valence electrons. The van der Waals surface area contributed by atoms with Crippen molar-refractivity contribution in [2.24, 2.45) is 0 Å². The van der Waals surface area contributed by atoms with Crippen molar-refractivity contribution in [2.45, 2.75) is 19.6 Å². The molecule has 0 atom stereocenters. The topological polar surface area (TPSA) is 389 Å². The lowest BCUT2D eigenvalue weighted by molar-refractivity contribution is -0.144. The number of nitrogens with two attached hydrogens (primary N) is 3. The molecule has 5 heterocycles. The average molecular weight is 850 g/mol. The minimum absolute atomic E-state index is 0.00323. The number of aromatic amines is 1. The summed E-state index contributed by atoms with van der Waals surface area (Å²) in [6.07, 6.45) is 5.01. The molecular weight excluding hydrogens is 806 g/mol. The van der Waals surface area contributed by atoms with E-state index < -0.39 is 79.5 Å². The van der Waals surface area contributed by atoms with Crippen molar-refractivity contribution in [3.63, 3.8) is 0 Å². The van der Waals surface area contributed by atoms with E-state index in [2.05, 4.69) is 50.8 Å². The van der Waals surface area contributed by atoms with Gasteiger partial charge in [-0.3, -0.25) is 43.1 Å². The SMILES string of the molecule is CNCCN(CC(=O)NCCN(CC(=O)NCCN(CC(=O)O)C(=O)Cn1cnc2c(=O)[nH]c(N)nc21)C(=O)Cn1cnc2c(N)ncnc21)C(=O)Cn1ccc(N)nc1=O. The fourth-order valence-electron chi connectivity index (χ4n) is 5.81. The normalized spacial score (nSPS) is 11.0. The Morgan fingerprint density at radius 1 is 0.705 bits per heavy atom. The second-order valence-electron chi connectivity index (χ2n) is 13.2. The lowest BCUT2D eigenvalue weighted by Crippen LogP contribution is -2.49. The quantitative estimate of drug-likeness (QED) is 0.0341. The van der Waals surface area contributed by atoms with Crippen LogP contribution in [0.1, 0.15) is 0 Å². The van der Waals surface area contributed by atoms with Gasteiger partial charge in [0.2, 0.25) is 35.5 Å². The van der Waals surface area contributed by atoms with Gasteiger partial charge in [-0.15, -0.1) is 0 Å². The summed E-state index contributed by atoms with van der Waals surface area (Å²) in [6.45, 7) is -3.30. The van der Waals surface area contributed by atoms with Crippen molar-refractivity contribution in [2.75, 3.05) is 83.2 Å². The Morgan fingerprint density at radius 2 is 1.25 bits per heavy atom. The summed E-state index contributed by atoms with van der Waals surface area (Å²) in [5.74, 6) is -4.64. The molecule has 28 nitrogen and oxygen atoms in total. The second kappa shape index (κ2) is 20.1. The van der Waals surface area contributed by atoms with Crippen LogP contribution in [0.4, 0.5) is 17.6 Å². The number of nitrogens with zero attached hydrogens (tertiary/aromatic N) is 12. The van der Waals surface area contributed by atoms with Crippen molar-refractivity contribution in [3.8, 4) is 0 Å². The molecule has 61 heavy (non-hydrogen) atoms. The number of H-pyrrole nitrogens is 1. The molecule has 0 aromatic carbocycles. The number of rotatable bonds is 21. The van der Waals surface area contributed by atoms with Gasteiger partial charge < -0.3 is 62.1 Å². The van der Waals surface area contributed by atoms with Crippen molar-refractivity contribution < 1.29 is 33.9 Å². The van der Waals surface area contributed by atoms with Crippen molar-refractivity contribution in [3.05, 3.63) is 52.1 Å². The van der Waals surface area contributed by atoms with Crippen LogP contribution in [-0.4, -0.2) is 170 Å². The molecule has 0 spiro atoms. The molecule has 0 bridgehead atoms. The van der Waals surface area contributed by atoms with Crippen LogP contribution < -0.4 is 44.4 Å². The molecule has 0 fully saturated rings. The largest absolute Gasteiger partial charge is 0.480 e. The van der Waals surface area contributed by atoms with Crippen LogP contribution in [0.15, 0.2) is 40.8 Å². The molecule has 5 rings (SSSR count). The van der Waals surface area contributed by atoms with Gasteiger partial charge in [0.1, 0.15) is 43.8 Å². The fraction of sp³-hybridized carbons (Fsp3) is 0.394. The Morgan fingerprint density at radius 3 is 1.82 bits per heavy atom. The molecule has 0 unspecified atom stereocenters. The van der Waals surface area contributed by atoms with Crippen LogP contribution in [0.5, 0.6) is 0 Å². The number of nitrogens with one attached hydrogen (secondary N) is 4. The molecule has 0 saturated heterocycles. The summed E-state index contributed by atoms with van der Waals surface area (Å²) in [6, 6.07) is 1.35. The lowest BCUT2D eigenvalue weighted by Gasteiger charge is -2.25. The third-order valence-electron chi connectivity index (χ3n) is 8.83. The smallest absolute Gasteiger partial charge is 0.349 e. The van der Waals surface area contributed by atoms with E-state index in [-0.39, 0.29) is 79.2 Å². The first-order valence-electron chi connectivity index (χ1n) is 18.3. The number of hydrogen-bond donors (Lipinski definition) is 8. The maximum atomic E-state index is 13.7. The molecule has 5 aromatic rings. The van der Waals surface area contributed by atoms with E-state index in [9.17, 15) is 43.5 Å². The summed E-state index contributed by atoms with van der Waals surface area (Å²) in [7, 11) is 1.66. The number of carbonyl (C=O) groups excluding carboxylic acids is 5. The van der Waals surface area contributed by atoms with E-state index in [1.807, 2.05) is 0 Å². The first kappa shape index (κ1) is 44.1. The highest BCUT2D eigenvalue weighted by molar-refractivity contribution is 5.88. The predicted octanol–water partition coefficient (Wildman–Crippen LogP) is -6.01. The van der Waals surface area contributed by atoms with Crippen LogP contribution in [0.2, 0.25) is 0 Å². The number of carboxylic acid groups (broad SMARTS) is 1. The average Bonchev–Trinajstić information content (AvgIpc) is 3.80. The minimum atomic E-state index is -1.34. The summed E-state index contributed by atoms with van der Waals surface area (Å²) >= 11 is 0. The lowest BCUT2D eigenvalue weighted by atomic mass is 10.3. The summed E-state index contributed by atoms with van der Waals surface area (Å²) in [5.41, 5.74) is 16.1. The van der Waals surface area contributed by atoms with Gasteiger partial charge in [-0.25, -0.2) is 24.7 Å². The van der Waals surface area contributed by atoms with E-state index >= 15 is 0 Å². The van der Waals surface area contributed by atoms with Crippen molar-refractivity contribution in [1.82, 2.24) is 79.2 Å². The second-order valence-corrected chi connectivity index (χ2v) is 13.2. The molecule has 0 aliphatic rings. The van der Waals surface area contributed by atoms with Crippen LogP contribution in [-0.2, 0) is 48.4 Å². The first-order chi connectivity index (χ1) is 29.1. The number of hydrogen-bond acceptors (Lipinski definition) is 18. The van der Waals surface area contributed by atoms with E-state index in [0.29, 0.717) is 6.54 Å². The minimum Gasteiger partial charge on any atom is -0.480 e. The Hall–Kier alpha value is -8.04. The monoisotopic (exact) mass is 849 g/mol. The maximum absolute atomic E-state index is 13.7. The highest BCUT2D eigenvalue weighted by Gasteiger charge is 2.23. The number of carbonyl (C=O) groups is 6. The number of aliphatic carboxylic acids is 1. The standard InChI is InChI=1S/C33H43N19O9/c1-37-3-7-47(22(55)12-50-6-2-19(34)44-33(50)61)10-20(53)38-4-8-48(23(56)13-51-17-42-26-28(35)40-16-41-29(26)51)11-21(54)39-5-9-49(15-25(58)59)24(57)14-52-18-43-27-30(52)45-32(36)46-31(27)60/h2,6,16-18,37H,3-5,7-15H2,1H3,(H,38,53)(H,39,54)(H,58,59)(H2,34,44,61)(H2,35,40,41)(H3,36,45,46,60). The Labute approximate surface area is 343 Å². The zero-order valence-electron chi connectivity index (χ0n) is 32.7.